The molecule has 0 aliphatic carbocycles. The van der Waals surface area contributed by atoms with Crippen molar-refractivity contribution in [3.63, 3.8) is 0 Å². The Morgan fingerprint density at radius 3 is 1.82 bits per heavy atom. The fourth-order valence-electron chi connectivity index (χ4n) is 2.42. The smallest absolute Gasteiger partial charge is 0.264 e. The maximum Gasteiger partial charge on any atom is 0.264 e. The van der Waals surface area contributed by atoms with Crippen LogP contribution in [-0.2, 0) is 35.1 Å². The number of benzene rings is 1. The van der Waals surface area contributed by atoms with E-state index in [2.05, 4.69) is 0 Å². The quantitative estimate of drug-likeness (QED) is 0.677. The van der Waals surface area contributed by atoms with Gasteiger partial charge in [0, 0.05) is 19.6 Å². The van der Waals surface area contributed by atoms with E-state index in [9.17, 15) is 16.8 Å². The van der Waals surface area contributed by atoms with Crippen molar-refractivity contribution < 1.29 is 25.2 Å². The van der Waals surface area contributed by atoms with Gasteiger partial charge in [-0.2, -0.15) is 16.8 Å². The van der Waals surface area contributed by atoms with Gasteiger partial charge in [-0.25, -0.2) is 0 Å². The molecule has 7 nitrogen and oxygen atoms in total. The van der Waals surface area contributed by atoms with E-state index < -0.39 is 32.4 Å². The fourth-order valence-corrected chi connectivity index (χ4v) is 3.69. The van der Waals surface area contributed by atoms with E-state index >= 15 is 0 Å². The minimum absolute atomic E-state index is 0.280. The SMILES string of the molecule is CS(=O)(=O)O[C@@H]1CN(Cc2ccccc2)C[C@H]1OS(C)(=O)=O. The third kappa shape index (κ3) is 5.65. The van der Waals surface area contributed by atoms with Crippen molar-refractivity contribution in [2.24, 2.45) is 0 Å². The summed E-state index contributed by atoms with van der Waals surface area (Å²) in [5.74, 6) is 0. The van der Waals surface area contributed by atoms with E-state index in [1.807, 2.05) is 35.2 Å². The number of rotatable bonds is 6. The van der Waals surface area contributed by atoms with Crippen LogP contribution in [0, 0.1) is 0 Å². The Morgan fingerprint density at radius 2 is 1.41 bits per heavy atom. The fraction of sp³-hybridized carbons (Fsp3) is 0.538. The molecule has 9 heteroatoms. The molecule has 0 unspecified atom stereocenters. The highest BCUT2D eigenvalue weighted by Gasteiger charge is 2.38. The van der Waals surface area contributed by atoms with Crippen molar-refractivity contribution in [1.82, 2.24) is 4.90 Å². The second kappa shape index (κ2) is 6.63. The molecule has 1 aromatic rings. The zero-order valence-electron chi connectivity index (χ0n) is 12.4. The summed E-state index contributed by atoms with van der Waals surface area (Å²) in [5, 5.41) is 0. The van der Waals surface area contributed by atoms with E-state index in [0.717, 1.165) is 18.1 Å². The Balaban J connectivity index is 2.09. The van der Waals surface area contributed by atoms with E-state index in [1.54, 1.807) is 0 Å². The standard InChI is InChI=1S/C13H19NO6S2/c1-21(15,16)19-12-9-14(8-11-6-4-3-5-7-11)10-13(12)20-22(2,17)18/h3-7,12-13H,8-10H2,1-2H3/t12-,13-/m1/s1. The molecule has 1 aliphatic heterocycles. The van der Waals surface area contributed by atoms with Gasteiger partial charge in [-0.3, -0.25) is 13.3 Å². The van der Waals surface area contributed by atoms with Crippen LogP contribution in [0.2, 0.25) is 0 Å². The lowest BCUT2D eigenvalue weighted by molar-refractivity contribution is 0.102. The highest BCUT2D eigenvalue weighted by atomic mass is 32.2. The van der Waals surface area contributed by atoms with Crippen LogP contribution in [0.25, 0.3) is 0 Å². The first-order valence-electron chi connectivity index (χ1n) is 6.65. The Kier molecular flexibility index (Phi) is 5.23. The predicted molar refractivity (Wildman–Crippen MR) is 81.2 cm³/mol. The Labute approximate surface area is 131 Å². The summed E-state index contributed by atoms with van der Waals surface area (Å²) in [7, 11) is -7.39. The number of hydrogen-bond donors (Lipinski definition) is 0. The van der Waals surface area contributed by atoms with Gasteiger partial charge in [0.1, 0.15) is 12.2 Å². The highest BCUT2D eigenvalue weighted by Crippen LogP contribution is 2.21. The molecule has 1 heterocycles. The zero-order chi connectivity index (χ0) is 16.4. The first-order chi connectivity index (χ1) is 10.1. The lowest BCUT2D eigenvalue weighted by atomic mass is 10.2. The van der Waals surface area contributed by atoms with Crippen LogP contribution in [0.5, 0.6) is 0 Å². The minimum atomic E-state index is -3.69. The molecule has 2 atom stereocenters. The van der Waals surface area contributed by atoms with Crippen LogP contribution in [0.1, 0.15) is 5.56 Å². The monoisotopic (exact) mass is 349 g/mol. The first-order valence-corrected chi connectivity index (χ1v) is 10.3. The number of likely N-dealkylation sites (tertiary alicyclic amines) is 1. The molecule has 22 heavy (non-hydrogen) atoms. The van der Waals surface area contributed by atoms with Crippen molar-refractivity contribution in [3.8, 4) is 0 Å². The summed E-state index contributed by atoms with van der Waals surface area (Å²) in [6.45, 7) is 1.12. The Morgan fingerprint density at radius 1 is 0.955 bits per heavy atom. The molecule has 0 spiro atoms. The maximum atomic E-state index is 11.3. The van der Waals surface area contributed by atoms with Gasteiger partial charge in [-0.15, -0.1) is 0 Å². The summed E-state index contributed by atoms with van der Waals surface area (Å²) in [5.41, 5.74) is 1.04. The van der Waals surface area contributed by atoms with Crippen LogP contribution >= 0.6 is 0 Å². The van der Waals surface area contributed by atoms with Gasteiger partial charge in [0.2, 0.25) is 0 Å². The lowest BCUT2D eigenvalue weighted by Crippen LogP contribution is -2.33. The van der Waals surface area contributed by atoms with Gasteiger partial charge >= 0.3 is 0 Å². The molecular weight excluding hydrogens is 330 g/mol. The normalized spacial score (nSPS) is 23.7. The molecule has 124 valence electrons. The molecule has 0 aromatic heterocycles. The van der Waals surface area contributed by atoms with Crippen LogP contribution in [-0.4, -0.2) is 59.5 Å². The summed E-state index contributed by atoms with van der Waals surface area (Å²) in [6.07, 6.45) is 0.191. The summed E-state index contributed by atoms with van der Waals surface area (Å²) in [6, 6.07) is 9.59. The molecule has 1 aliphatic rings. The van der Waals surface area contributed by atoms with Crippen molar-refractivity contribution in [3.05, 3.63) is 35.9 Å². The summed E-state index contributed by atoms with van der Waals surface area (Å²) in [4.78, 5) is 1.90. The van der Waals surface area contributed by atoms with Gasteiger partial charge in [-0.05, 0) is 5.56 Å². The van der Waals surface area contributed by atoms with E-state index in [4.69, 9.17) is 8.37 Å². The molecule has 2 rings (SSSR count). The minimum Gasteiger partial charge on any atom is -0.294 e. The van der Waals surface area contributed by atoms with Crippen molar-refractivity contribution in [2.75, 3.05) is 25.6 Å². The molecule has 0 saturated carbocycles. The molecular formula is C13H19NO6S2. The van der Waals surface area contributed by atoms with Crippen LogP contribution < -0.4 is 0 Å². The van der Waals surface area contributed by atoms with Crippen molar-refractivity contribution in [2.45, 2.75) is 18.8 Å². The maximum absolute atomic E-state index is 11.3. The zero-order valence-corrected chi connectivity index (χ0v) is 14.0. The van der Waals surface area contributed by atoms with Crippen LogP contribution in [0.4, 0.5) is 0 Å². The average molecular weight is 349 g/mol. The third-order valence-electron chi connectivity index (χ3n) is 3.14. The van der Waals surface area contributed by atoms with Gasteiger partial charge < -0.3 is 0 Å². The molecule has 0 bridgehead atoms. The van der Waals surface area contributed by atoms with Crippen molar-refractivity contribution >= 4 is 20.2 Å². The van der Waals surface area contributed by atoms with Gasteiger partial charge in [0.15, 0.2) is 0 Å². The molecule has 0 N–H and O–H groups in total. The molecule has 0 radical (unpaired) electrons. The number of hydrogen-bond acceptors (Lipinski definition) is 7. The van der Waals surface area contributed by atoms with Gasteiger partial charge in [-0.1, -0.05) is 30.3 Å². The second-order valence-corrected chi connectivity index (χ2v) is 8.56. The lowest BCUT2D eigenvalue weighted by Gasteiger charge is -2.16. The second-order valence-electron chi connectivity index (χ2n) is 5.36. The molecule has 1 saturated heterocycles. The van der Waals surface area contributed by atoms with Gasteiger partial charge in [0.05, 0.1) is 12.5 Å². The molecule has 0 amide bonds. The van der Waals surface area contributed by atoms with Crippen molar-refractivity contribution in [1.29, 1.82) is 0 Å². The number of nitrogens with zero attached hydrogens (tertiary/aromatic N) is 1. The first kappa shape index (κ1) is 17.4. The molecule has 1 fully saturated rings. The molecule has 1 aromatic carbocycles. The van der Waals surface area contributed by atoms with E-state index in [0.29, 0.717) is 6.54 Å². The largest absolute Gasteiger partial charge is 0.294 e. The summed E-state index contributed by atoms with van der Waals surface area (Å²) < 4.78 is 55.2. The average Bonchev–Trinajstić information content (AvgIpc) is 2.67. The van der Waals surface area contributed by atoms with E-state index in [-0.39, 0.29) is 13.1 Å². The summed E-state index contributed by atoms with van der Waals surface area (Å²) >= 11 is 0. The third-order valence-corrected chi connectivity index (χ3v) is 4.33. The topological polar surface area (TPSA) is 90.0 Å². The highest BCUT2D eigenvalue weighted by molar-refractivity contribution is 7.86. The Hall–Kier alpha value is -1.00. The predicted octanol–water partition coefficient (Wildman–Crippen LogP) is 0.192. The van der Waals surface area contributed by atoms with Crippen LogP contribution in [0.15, 0.2) is 30.3 Å². The van der Waals surface area contributed by atoms with Gasteiger partial charge in [0.25, 0.3) is 20.2 Å². The Bertz CT molecular complexity index is 659. The van der Waals surface area contributed by atoms with E-state index in [1.165, 1.54) is 0 Å². The van der Waals surface area contributed by atoms with Crippen LogP contribution in [0.3, 0.4) is 0 Å².